The fourth-order valence-electron chi connectivity index (χ4n) is 2.06. The van der Waals surface area contributed by atoms with Crippen LogP contribution >= 0.6 is 11.6 Å². The largest absolute Gasteiger partial charge is 0.478 e. The lowest BCUT2D eigenvalue weighted by Gasteiger charge is -2.21. The Kier molecular flexibility index (Phi) is 5.29. The summed E-state index contributed by atoms with van der Waals surface area (Å²) in [4.78, 5) is 11.1. The second kappa shape index (κ2) is 7.02. The van der Waals surface area contributed by atoms with Gasteiger partial charge in [0.25, 0.3) is 0 Å². The molecule has 5 heteroatoms. The van der Waals surface area contributed by atoms with Gasteiger partial charge in [-0.15, -0.1) is 0 Å². The van der Waals surface area contributed by atoms with Gasteiger partial charge < -0.3 is 14.9 Å². The lowest BCUT2D eigenvalue weighted by atomic mass is 10.0. The maximum atomic E-state index is 11.1. The highest BCUT2D eigenvalue weighted by Gasteiger charge is 2.29. The molecular weight excluding hydrogens is 316 g/mol. The number of aliphatic hydroxyl groups excluding tert-OH is 1. The first-order chi connectivity index (χ1) is 10.8. The zero-order valence-electron chi connectivity index (χ0n) is 13.0. The van der Waals surface area contributed by atoms with Crippen LogP contribution in [-0.4, -0.2) is 21.8 Å². The van der Waals surface area contributed by atoms with E-state index in [4.69, 9.17) is 21.4 Å². The Labute approximate surface area is 140 Å². The summed E-state index contributed by atoms with van der Waals surface area (Å²) in [6.45, 7) is 2.97. The van der Waals surface area contributed by atoms with Crippen LogP contribution in [0.2, 0.25) is 5.02 Å². The van der Waals surface area contributed by atoms with Crippen LogP contribution in [0, 0.1) is 0 Å². The summed E-state index contributed by atoms with van der Waals surface area (Å²) in [6.07, 6.45) is -0.185. The Balaban J connectivity index is 2.04. The smallest absolute Gasteiger partial charge is 0.347 e. The number of benzene rings is 2. The molecule has 0 aliphatic heterocycles. The van der Waals surface area contributed by atoms with Crippen LogP contribution in [0.25, 0.3) is 0 Å². The molecule has 2 N–H and O–H groups in total. The third-order valence-electron chi connectivity index (χ3n) is 3.50. The number of hydrogen-bond donors (Lipinski definition) is 2. The van der Waals surface area contributed by atoms with E-state index in [-0.39, 0.29) is 0 Å². The number of aliphatic carboxylic acids is 1. The van der Waals surface area contributed by atoms with E-state index in [2.05, 4.69) is 0 Å². The molecule has 0 radical (unpaired) electrons. The molecule has 0 aliphatic carbocycles. The maximum absolute atomic E-state index is 11.1. The number of ether oxygens (including phenoxy) is 1. The zero-order chi connectivity index (χ0) is 17.0. The number of rotatable bonds is 6. The molecule has 0 aliphatic rings. The van der Waals surface area contributed by atoms with Crippen molar-refractivity contribution >= 4 is 17.6 Å². The third kappa shape index (κ3) is 4.71. The van der Waals surface area contributed by atoms with Gasteiger partial charge in [-0.1, -0.05) is 35.9 Å². The maximum Gasteiger partial charge on any atom is 0.347 e. The van der Waals surface area contributed by atoms with Crippen LogP contribution in [0.15, 0.2) is 48.5 Å². The summed E-state index contributed by atoms with van der Waals surface area (Å²) in [5, 5.41) is 20.0. The van der Waals surface area contributed by atoms with Gasteiger partial charge >= 0.3 is 5.97 Å². The number of halogens is 1. The Morgan fingerprint density at radius 1 is 1.13 bits per heavy atom. The van der Waals surface area contributed by atoms with Gasteiger partial charge in [-0.3, -0.25) is 0 Å². The minimum Gasteiger partial charge on any atom is -0.478 e. The van der Waals surface area contributed by atoms with Crippen LogP contribution in [0.5, 0.6) is 5.75 Å². The predicted octanol–water partition coefficient (Wildman–Crippen LogP) is 3.86. The van der Waals surface area contributed by atoms with Crippen LogP contribution in [0.4, 0.5) is 0 Å². The van der Waals surface area contributed by atoms with Crippen LogP contribution in [0.1, 0.15) is 31.1 Å². The van der Waals surface area contributed by atoms with Crippen LogP contribution in [-0.2, 0) is 11.2 Å². The molecule has 0 aromatic heterocycles. The van der Waals surface area contributed by atoms with Gasteiger partial charge in [-0.25, -0.2) is 4.79 Å². The Morgan fingerprint density at radius 3 is 2.22 bits per heavy atom. The first-order valence-corrected chi connectivity index (χ1v) is 7.60. The minimum absolute atomic E-state index is 0.444. The lowest BCUT2D eigenvalue weighted by Crippen LogP contribution is -2.37. The Morgan fingerprint density at radius 2 is 1.70 bits per heavy atom. The topological polar surface area (TPSA) is 66.8 Å². The molecule has 2 aromatic carbocycles. The van der Waals surface area contributed by atoms with Gasteiger partial charge in [0.15, 0.2) is 5.60 Å². The van der Waals surface area contributed by atoms with Crippen LogP contribution in [0.3, 0.4) is 0 Å². The predicted molar refractivity (Wildman–Crippen MR) is 88.9 cm³/mol. The Hall–Kier alpha value is -2.04. The summed E-state index contributed by atoms with van der Waals surface area (Å²) < 4.78 is 5.43. The first-order valence-electron chi connectivity index (χ1n) is 7.23. The molecule has 0 saturated heterocycles. The fraction of sp³-hybridized carbons (Fsp3) is 0.278. The SMILES string of the molecule is CC(C)(Oc1ccc(C(O)Cc2ccc(Cl)cc2)cc1)C(=O)O. The summed E-state index contributed by atoms with van der Waals surface area (Å²) in [7, 11) is 0. The highest BCUT2D eigenvalue weighted by molar-refractivity contribution is 6.30. The van der Waals surface area contributed by atoms with Crippen molar-refractivity contribution in [2.24, 2.45) is 0 Å². The van der Waals surface area contributed by atoms with Crippen molar-refractivity contribution in [1.82, 2.24) is 0 Å². The summed E-state index contributed by atoms with van der Waals surface area (Å²) in [5.41, 5.74) is 0.415. The zero-order valence-corrected chi connectivity index (χ0v) is 13.7. The van der Waals surface area contributed by atoms with Crippen molar-refractivity contribution in [3.8, 4) is 5.75 Å². The van der Waals surface area contributed by atoms with Gasteiger partial charge in [0.1, 0.15) is 5.75 Å². The number of carboxylic acids is 1. The highest BCUT2D eigenvalue weighted by Crippen LogP contribution is 2.24. The molecule has 0 heterocycles. The molecule has 0 fully saturated rings. The lowest BCUT2D eigenvalue weighted by molar-refractivity contribution is -0.152. The second-order valence-corrected chi connectivity index (χ2v) is 6.27. The number of carbonyl (C=O) groups is 1. The molecule has 2 rings (SSSR count). The van der Waals surface area contributed by atoms with E-state index in [0.29, 0.717) is 17.2 Å². The molecule has 0 saturated carbocycles. The highest BCUT2D eigenvalue weighted by atomic mass is 35.5. The summed E-state index contributed by atoms with van der Waals surface area (Å²) >= 11 is 5.84. The number of hydrogen-bond acceptors (Lipinski definition) is 3. The van der Waals surface area contributed by atoms with Crippen molar-refractivity contribution < 1.29 is 19.7 Å². The van der Waals surface area contributed by atoms with E-state index in [1.807, 2.05) is 12.1 Å². The quantitative estimate of drug-likeness (QED) is 0.841. The molecule has 0 amide bonds. The Bertz CT molecular complexity index is 662. The van der Waals surface area contributed by atoms with E-state index in [1.165, 1.54) is 13.8 Å². The average Bonchev–Trinajstić information content (AvgIpc) is 2.49. The standard InChI is InChI=1S/C18H19ClO4/c1-18(2,17(21)22)23-15-9-5-13(6-10-15)16(20)11-12-3-7-14(19)8-4-12/h3-10,16,20H,11H2,1-2H3,(H,21,22). The van der Waals surface area contributed by atoms with E-state index >= 15 is 0 Å². The molecule has 1 atom stereocenters. The van der Waals surface area contributed by atoms with E-state index in [1.54, 1.807) is 36.4 Å². The number of aliphatic hydroxyl groups is 1. The third-order valence-corrected chi connectivity index (χ3v) is 3.75. The molecule has 2 aromatic rings. The van der Waals surface area contributed by atoms with Crippen molar-refractivity contribution in [3.05, 3.63) is 64.7 Å². The van der Waals surface area contributed by atoms with Gasteiger partial charge in [0, 0.05) is 11.4 Å². The van der Waals surface area contributed by atoms with Gasteiger partial charge in [-0.05, 0) is 49.2 Å². The van der Waals surface area contributed by atoms with E-state index in [0.717, 1.165) is 11.1 Å². The number of carboxylic acid groups (broad SMARTS) is 1. The van der Waals surface area contributed by atoms with Gasteiger partial charge in [-0.2, -0.15) is 0 Å². The second-order valence-electron chi connectivity index (χ2n) is 5.83. The van der Waals surface area contributed by atoms with Crippen molar-refractivity contribution in [2.45, 2.75) is 32.0 Å². The fourth-order valence-corrected chi connectivity index (χ4v) is 2.18. The summed E-state index contributed by atoms with van der Waals surface area (Å²) in [5.74, 6) is -0.593. The first kappa shape index (κ1) is 17.3. The van der Waals surface area contributed by atoms with Gasteiger partial charge in [0.2, 0.25) is 0 Å². The molecule has 122 valence electrons. The summed E-state index contributed by atoms with van der Waals surface area (Å²) in [6, 6.07) is 14.1. The molecule has 0 spiro atoms. The molecule has 1 unspecified atom stereocenters. The van der Waals surface area contributed by atoms with Gasteiger partial charge in [0.05, 0.1) is 6.10 Å². The molecule has 23 heavy (non-hydrogen) atoms. The van der Waals surface area contributed by atoms with E-state index in [9.17, 15) is 9.90 Å². The van der Waals surface area contributed by atoms with Crippen molar-refractivity contribution in [1.29, 1.82) is 0 Å². The molecule has 4 nitrogen and oxygen atoms in total. The normalized spacial score (nSPS) is 12.7. The van der Waals surface area contributed by atoms with Crippen molar-refractivity contribution in [2.75, 3.05) is 0 Å². The average molecular weight is 335 g/mol. The monoisotopic (exact) mass is 334 g/mol. The molecule has 0 bridgehead atoms. The molecular formula is C18H19ClO4. The van der Waals surface area contributed by atoms with E-state index < -0.39 is 17.7 Å². The minimum atomic E-state index is -1.30. The van der Waals surface area contributed by atoms with Crippen LogP contribution < -0.4 is 4.74 Å². The van der Waals surface area contributed by atoms with Crippen molar-refractivity contribution in [3.63, 3.8) is 0 Å².